The Hall–Kier alpha value is -3.17. The number of nitrogens with zero attached hydrogens (tertiary/aromatic N) is 2. The van der Waals surface area contributed by atoms with Crippen molar-refractivity contribution in [2.24, 2.45) is 0 Å². The molecule has 2 N–H and O–H groups in total. The summed E-state index contributed by atoms with van der Waals surface area (Å²) in [5, 5.41) is 15.8. The molecule has 0 atom stereocenters. The molecule has 30 heavy (non-hydrogen) atoms. The van der Waals surface area contributed by atoms with Gasteiger partial charge in [-0.3, -0.25) is 0 Å². The highest BCUT2D eigenvalue weighted by Gasteiger charge is 2.36. The van der Waals surface area contributed by atoms with Crippen molar-refractivity contribution in [1.82, 2.24) is 8.87 Å². The minimum absolute atomic E-state index is 0.417. The van der Waals surface area contributed by atoms with Gasteiger partial charge in [-0.25, -0.2) is 22.0 Å². The van der Waals surface area contributed by atoms with E-state index in [0.717, 1.165) is 46.3 Å². The Morgan fingerprint density at radius 3 is 2.27 bits per heavy atom. The van der Waals surface area contributed by atoms with Crippen LogP contribution < -0.4 is 0 Å². The van der Waals surface area contributed by atoms with Gasteiger partial charge < -0.3 is 15.1 Å². The van der Waals surface area contributed by atoms with Crippen LogP contribution in [0.25, 0.3) is 22.2 Å². The summed E-state index contributed by atoms with van der Waals surface area (Å²) in [5.74, 6) is -3.65. The number of aromatic nitrogens is 1. The minimum Gasteiger partial charge on any atom is -0.473 e. The van der Waals surface area contributed by atoms with Gasteiger partial charge in [0, 0.05) is 17.5 Å². The Balaban J connectivity index is 0.000000377. The molecule has 2 aromatic carbocycles. The van der Waals surface area contributed by atoms with Crippen molar-refractivity contribution in [3.63, 3.8) is 0 Å². The lowest BCUT2D eigenvalue weighted by atomic mass is 10.0. The first-order chi connectivity index (χ1) is 14.1. The third-order valence-electron chi connectivity index (χ3n) is 4.84. The molecule has 1 aliphatic rings. The molecule has 0 radical (unpaired) electrons. The maximum Gasteiger partial charge on any atom is 0.414 e. The number of likely N-dealkylation sites (N-methyl/N-ethyl adjacent to an activating group) is 1. The van der Waals surface area contributed by atoms with Crippen molar-refractivity contribution >= 4 is 32.9 Å². The van der Waals surface area contributed by atoms with E-state index < -0.39 is 22.0 Å². The lowest BCUT2D eigenvalue weighted by Gasteiger charge is -2.10. The van der Waals surface area contributed by atoms with E-state index in [1.165, 1.54) is 3.97 Å². The predicted octanol–water partition coefficient (Wildman–Crippen LogP) is 2.43. The van der Waals surface area contributed by atoms with Crippen molar-refractivity contribution in [2.75, 3.05) is 20.6 Å². The Bertz CT molecular complexity index is 1250. The molecule has 158 valence electrons. The fraction of sp³-hybridized carbons (Fsp3) is 0.238. The highest BCUT2D eigenvalue weighted by molar-refractivity contribution is 7.90. The summed E-state index contributed by atoms with van der Waals surface area (Å²) < 4.78 is 27.7. The molecule has 0 fully saturated rings. The van der Waals surface area contributed by atoms with Crippen LogP contribution in [-0.4, -0.2) is 60.1 Å². The van der Waals surface area contributed by atoms with Crippen molar-refractivity contribution < 1.29 is 28.2 Å². The van der Waals surface area contributed by atoms with Gasteiger partial charge >= 0.3 is 11.9 Å². The SMILES string of the molecule is Cc1ccc2c(c1)-c1c(CCN(C)C)c3ccccc3n1S2(=O)=O.O=C(O)C(=O)O. The molecule has 3 aromatic rings. The van der Waals surface area contributed by atoms with Crippen molar-refractivity contribution in [1.29, 1.82) is 0 Å². The summed E-state index contributed by atoms with van der Waals surface area (Å²) in [6.45, 7) is 2.87. The number of aliphatic carboxylic acids is 2. The van der Waals surface area contributed by atoms with Crippen LogP contribution in [0.1, 0.15) is 11.1 Å². The Morgan fingerprint density at radius 2 is 1.67 bits per heavy atom. The zero-order valence-electron chi connectivity index (χ0n) is 16.8. The molecule has 2 heterocycles. The lowest BCUT2D eigenvalue weighted by molar-refractivity contribution is -0.159. The second-order valence-corrected chi connectivity index (χ2v) is 9.03. The van der Waals surface area contributed by atoms with Crippen LogP contribution in [0.15, 0.2) is 47.4 Å². The number of para-hydroxylation sites is 1. The van der Waals surface area contributed by atoms with Crippen LogP contribution in [0.4, 0.5) is 0 Å². The van der Waals surface area contributed by atoms with E-state index in [9.17, 15) is 8.42 Å². The molecule has 0 bridgehead atoms. The quantitative estimate of drug-likeness (QED) is 0.479. The number of carbonyl (C=O) groups is 2. The maximum atomic E-state index is 13.1. The third-order valence-corrected chi connectivity index (χ3v) is 6.61. The van der Waals surface area contributed by atoms with Crippen molar-refractivity contribution in [3.8, 4) is 11.3 Å². The summed E-state index contributed by atoms with van der Waals surface area (Å²) in [4.78, 5) is 20.7. The Labute approximate surface area is 174 Å². The van der Waals surface area contributed by atoms with E-state index in [2.05, 4.69) is 4.90 Å². The second kappa shape index (κ2) is 7.92. The van der Waals surface area contributed by atoms with Gasteiger partial charge in [0.1, 0.15) is 0 Å². The zero-order chi connectivity index (χ0) is 22.2. The fourth-order valence-corrected chi connectivity index (χ4v) is 5.28. The Morgan fingerprint density at radius 1 is 1.03 bits per heavy atom. The third kappa shape index (κ3) is 3.69. The smallest absolute Gasteiger partial charge is 0.414 e. The molecule has 4 rings (SSSR count). The van der Waals surface area contributed by atoms with E-state index in [0.29, 0.717) is 4.90 Å². The van der Waals surface area contributed by atoms with Crippen LogP contribution in [0.2, 0.25) is 0 Å². The van der Waals surface area contributed by atoms with Gasteiger partial charge in [-0.1, -0.05) is 29.8 Å². The molecule has 8 nitrogen and oxygen atoms in total. The number of hydrogen-bond donors (Lipinski definition) is 2. The summed E-state index contributed by atoms with van der Waals surface area (Å²) in [5.41, 5.74) is 4.64. The molecule has 0 spiro atoms. The van der Waals surface area contributed by atoms with Gasteiger partial charge in [0.2, 0.25) is 0 Å². The van der Waals surface area contributed by atoms with Gasteiger partial charge in [0.05, 0.1) is 16.1 Å². The monoisotopic (exact) mass is 430 g/mol. The van der Waals surface area contributed by atoms with Gasteiger partial charge in [-0.05, 0) is 51.2 Å². The van der Waals surface area contributed by atoms with Gasteiger partial charge in [-0.2, -0.15) is 0 Å². The average molecular weight is 430 g/mol. The molecule has 0 aliphatic carbocycles. The van der Waals surface area contributed by atoms with E-state index in [-0.39, 0.29) is 0 Å². The first kappa shape index (κ1) is 21.5. The highest BCUT2D eigenvalue weighted by atomic mass is 32.2. The molecule has 0 unspecified atom stereocenters. The molecule has 1 aromatic heterocycles. The van der Waals surface area contributed by atoms with E-state index >= 15 is 0 Å². The molecule has 1 aliphatic heterocycles. The lowest BCUT2D eigenvalue weighted by Crippen LogP contribution is -2.15. The maximum absolute atomic E-state index is 13.1. The largest absolute Gasteiger partial charge is 0.473 e. The summed E-state index contributed by atoms with van der Waals surface area (Å²) in [7, 11) is 0.547. The van der Waals surface area contributed by atoms with Gasteiger partial charge in [-0.15, -0.1) is 0 Å². The molecule has 0 amide bonds. The number of carboxylic acids is 2. The number of fused-ring (bicyclic) bond motifs is 5. The fourth-order valence-electron chi connectivity index (χ4n) is 3.54. The number of hydrogen-bond acceptors (Lipinski definition) is 5. The van der Waals surface area contributed by atoms with Crippen LogP contribution in [0.3, 0.4) is 0 Å². The zero-order valence-corrected chi connectivity index (χ0v) is 17.6. The number of aryl methyl sites for hydroxylation is 1. The summed E-state index contributed by atoms with van der Waals surface area (Å²) in [6.07, 6.45) is 0.818. The first-order valence-corrected chi connectivity index (χ1v) is 10.6. The normalized spacial score (nSPS) is 13.5. The molecule has 0 saturated carbocycles. The highest BCUT2D eigenvalue weighted by Crippen LogP contribution is 2.45. The summed E-state index contributed by atoms with van der Waals surface area (Å²) >= 11 is 0. The van der Waals surface area contributed by atoms with E-state index in [1.807, 2.05) is 57.4 Å². The number of benzene rings is 2. The first-order valence-electron chi connectivity index (χ1n) is 9.15. The van der Waals surface area contributed by atoms with Crippen molar-refractivity contribution in [3.05, 3.63) is 53.6 Å². The van der Waals surface area contributed by atoms with Crippen LogP contribution in [0.5, 0.6) is 0 Å². The predicted molar refractivity (Wildman–Crippen MR) is 112 cm³/mol. The van der Waals surface area contributed by atoms with Gasteiger partial charge in [0.15, 0.2) is 0 Å². The number of carboxylic acid groups (broad SMARTS) is 2. The van der Waals surface area contributed by atoms with Crippen LogP contribution in [0, 0.1) is 6.92 Å². The minimum atomic E-state index is -3.52. The standard InChI is InChI=1S/C19H20N2O2S.C2H2O4/c1-13-8-9-18-16(12-13)19-15(10-11-20(2)3)14-6-4-5-7-17(14)21(19)24(18,22)23;3-1(4)2(5)6/h4-9,12H,10-11H2,1-3H3;(H,3,4)(H,5,6). The van der Waals surface area contributed by atoms with Crippen LogP contribution >= 0.6 is 0 Å². The Kier molecular flexibility index (Phi) is 5.69. The number of rotatable bonds is 3. The summed E-state index contributed by atoms with van der Waals surface area (Å²) in [6, 6.07) is 13.4. The van der Waals surface area contributed by atoms with Crippen molar-refractivity contribution in [2.45, 2.75) is 18.2 Å². The van der Waals surface area contributed by atoms with Gasteiger partial charge in [0.25, 0.3) is 10.0 Å². The van der Waals surface area contributed by atoms with E-state index in [1.54, 1.807) is 6.07 Å². The van der Waals surface area contributed by atoms with Crippen LogP contribution in [-0.2, 0) is 26.0 Å². The molecule has 0 saturated heterocycles. The molecular weight excluding hydrogens is 408 g/mol. The molecular formula is C21H22N2O6S. The topological polar surface area (TPSA) is 117 Å². The second-order valence-electron chi connectivity index (χ2n) is 7.28. The van der Waals surface area contributed by atoms with E-state index in [4.69, 9.17) is 19.8 Å². The average Bonchev–Trinajstić information content (AvgIpc) is 3.11. The molecule has 9 heteroatoms.